The minimum absolute atomic E-state index is 0.672. The highest BCUT2D eigenvalue weighted by atomic mass is 16.3. The van der Waals surface area contributed by atoms with Crippen molar-refractivity contribution in [2.75, 3.05) is 13.1 Å². The van der Waals surface area contributed by atoms with Crippen molar-refractivity contribution in [2.45, 2.75) is 52.7 Å². The van der Waals surface area contributed by atoms with E-state index in [4.69, 9.17) is 4.42 Å². The van der Waals surface area contributed by atoms with Crippen LogP contribution in [0.1, 0.15) is 44.9 Å². The van der Waals surface area contributed by atoms with Crippen molar-refractivity contribution in [1.29, 1.82) is 0 Å². The average Bonchev–Trinajstić information content (AvgIpc) is 2.77. The topological polar surface area (TPSA) is 28.4 Å². The molecule has 1 aliphatic rings. The van der Waals surface area contributed by atoms with E-state index in [1.807, 2.05) is 6.26 Å². The second-order valence-electron chi connectivity index (χ2n) is 5.60. The Hall–Kier alpha value is -0.800. The molecule has 1 aliphatic heterocycles. The number of piperidine rings is 1. The summed E-state index contributed by atoms with van der Waals surface area (Å²) < 4.78 is 5.66. The largest absolute Gasteiger partial charge is 0.468 e. The van der Waals surface area contributed by atoms with Gasteiger partial charge in [0, 0.05) is 18.2 Å². The van der Waals surface area contributed by atoms with Gasteiger partial charge < -0.3 is 9.73 Å². The fourth-order valence-corrected chi connectivity index (χ4v) is 2.80. The van der Waals surface area contributed by atoms with E-state index in [9.17, 15) is 0 Å². The zero-order valence-corrected chi connectivity index (χ0v) is 11.9. The normalized spacial score (nSPS) is 25.5. The van der Waals surface area contributed by atoms with E-state index in [0.29, 0.717) is 6.04 Å². The van der Waals surface area contributed by atoms with Gasteiger partial charge in [-0.15, -0.1) is 0 Å². The summed E-state index contributed by atoms with van der Waals surface area (Å²) in [6.45, 7) is 10.9. The lowest BCUT2D eigenvalue weighted by atomic mass is 9.93. The number of hydrogen-bond donors (Lipinski definition) is 1. The number of rotatable bonds is 5. The molecule has 2 atom stereocenters. The number of hydrogen-bond acceptors (Lipinski definition) is 3. The summed E-state index contributed by atoms with van der Waals surface area (Å²) >= 11 is 0. The number of furan rings is 1. The van der Waals surface area contributed by atoms with E-state index >= 15 is 0 Å². The van der Waals surface area contributed by atoms with Crippen LogP contribution in [0.4, 0.5) is 0 Å². The van der Waals surface area contributed by atoms with Crippen LogP contribution in [0.15, 0.2) is 16.7 Å². The van der Waals surface area contributed by atoms with Gasteiger partial charge >= 0.3 is 0 Å². The number of nitrogens with zero attached hydrogens (tertiary/aromatic N) is 1. The van der Waals surface area contributed by atoms with Gasteiger partial charge in [-0.25, -0.2) is 0 Å². The van der Waals surface area contributed by atoms with Crippen molar-refractivity contribution in [3.8, 4) is 0 Å². The average molecular weight is 250 g/mol. The molecule has 1 aromatic rings. The smallest absolute Gasteiger partial charge is 0.122 e. The Morgan fingerprint density at radius 3 is 3.00 bits per heavy atom. The molecule has 2 unspecified atom stereocenters. The molecule has 1 aromatic heterocycles. The van der Waals surface area contributed by atoms with Crippen LogP contribution < -0.4 is 5.32 Å². The Bertz CT molecular complexity index is 361. The lowest BCUT2D eigenvalue weighted by molar-refractivity contribution is 0.113. The number of nitrogens with one attached hydrogen (secondary N) is 1. The zero-order chi connectivity index (χ0) is 13.0. The lowest BCUT2D eigenvalue weighted by Gasteiger charge is -2.36. The van der Waals surface area contributed by atoms with E-state index in [2.05, 4.69) is 37.1 Å². The Balaban J connectivity index is 1.94. The predicted octanol–water partition coefficient (Wildman–Crippen LogP) is 3.01. The second kappa shape index (κ2) is 6.39. The molecule has 0 aliphatic carbocycles. The van der Waals surface area contributed by atoms with E-state index in [-0.39, 0.29) is 0 Å². The van der Waals surface area contributed by atoms with Crippen molar-refractivity contribution >= 4 is 0 Å². The Morgan fingerprint density at radius 2 is 2.28 bits per heavy atom. The third-order valence-corrected chi connectivity index (χ3v) is 4.03. The van der Waals surface area contributed by atoms with Crippen LogP contribution >= 0.6 is 0 Å². The fraction of sp³-hybridized carbons (Fsp3) is 0.733. The van der Waals surface area contributed by atoms with E-state index < -0.39 is 0 Å². The summed E-state index contributed by atoms with van der Waals surface area (Å²) in [6, 6.07) is 2.76. The van der Waals surface area contributed by atoms with E-state index in [1.54, 1.807) is 0 Å². The molecule has 2 rings (SSSR count). The van der Waals surface area contributed by atoms with Crippen LogP contribution in [0.25, 0.3) is 0 Å². The molecule has 0 radical (unpaired) electrons. The van der Waals surface area contributed by atoms with Crippen molar-refractivity contribution in [2.24, 2.45) is 5.92 Å². The predicted molar refractivity (Wildman–Crippen MR) is 74.4 cm³/mol. The maximum Gasteiger partial charge on any atom is 0.122 e. The van der Waals surface area contributed by atoms with Gasteiger partial charge in [-0.3, -0.25) is 4.90 Å². The molecule has 18 heavy (non-hydrogen) atoms. The Morgan fingerprint density at radius 1 is 1.44 bits per heavy atom. The van der Waals surface area contributed by atoms with Crippen molar-refractivity contribution in [1.82, 2.24) is 10.2 Å². The highest BCUT2D eigenvalue weighted by molar-refractivity contribution is 5.17. The standard InChI is InChI=1S/C15H26N2O/c1-4-16-10-14-6-8-18-15(14)11-17-7-5-12(2)9-13(17)3/h6,8,12-13,16H,4-5,7,9-11H2,1-3H3. The van der Waals surface area contributed by atoms with Gasteiger partial charge in [0.1, 0.15) is 5.76 Å². The van der Waals surface area contributed by atoms with E-state index in [0.717, 1.165) is 31.3 Å². The summed E-state index contributed by atoms with van der Waals surface area (Å²) in [5, 5.41) is 3.37. The molecule has 0 saturated carbocycles. The minimum atomic E-state index is 0.672. The second-order valence-corrected chi connectivity index (χ2v) is 5.60. The lowest BCUT2D eigenvalue weighted by Crippen LogP contribution is -2.39. The first-order valence-electron chi connectivity index (χ1n) is 7.20. The highest BCUT2D eigenvalue weighted by Gasteiger charge is 2.24. The third kappa shape index (κ3) is 3.36. The van der Waals surface area contributed by atoms with Gasteiger partial charge in [0.25, 0.3) is 0 Å². The van der Waals surface area contributed by atoms with Gasteiger partial charge in [0.15, 0.2) is 0 Å². The molecule has 1 saturated heterocycles. The van der Waals surface area contributed by atoms with Crippen LogP contribution in [0.3, 0.4) is 0 Å². The van der Waals surface area contributed by atoms with Gasteiger partial charge in [0.2, 0.25) is 0 Å². The molecule has 1 fully saturated rings. The number of likely N-dealkylation sites (tertiary alicyclic amines) is 1. The van der Waals surface area contributed by atoms with Crippen molar-refractivity contribution in [3.05, 3.63) is 23.7 Å². The monoisotopic (exact) mass is 250 g/mol. The summed E-state index contributed by atoms with van der Waals surface area (Å²) in [7, 11) is 0. The maximum absolute atomic E-state index is 5.66. The minimum Gasteiger partial charge on any atom is -0.468 e. The quantitative estimate of drug-likeness (QED) is 0.871. The van der Waals surface area contributed by atoms with Gasteiger partial charge in [0.05, 0.1) is 12.8 Å². The summed E-state index contributed by atoms with van der Waals surface area (Å²) in [5.41, 5.74) is 1.31. The molecule has 102 valence electrons. The van der Waals surface area contributed by atoms with Crippen LogP contribution in [0, 0.1) is 5.92 Å². The zero-order valence-electron chi connectivity index (χ0n) is 11.9. The summed E-state index contributed by atoms with van der Waals surface area (Å²) in [4.78, 5) is 2.55. The van der Waals surface area contributed by atoms with Crippen molar-refractivity contribution < 1.29 is 4.42 Å². The first-order valence-corrected chi connectivity index (χ1v) is 7.20. The molecular formula is C15H26N2O. The molecule has 1 N–H and O–H groups in total. The van der Waals surface area contributed by atoms with Crippen LogP contribution in [0.2, 0.25) is 0 Å². The van der Waals surface area contributed by atoms with E-state index in [1.165, 1.54) is 24.9 Å². The fourth-order valence-electron chi connectivity index (χ4n) is 2.80. The highest BCUT2D eigenvalue weighted by Crippen LogP contribution is 2.24. The summed E-state index contributed by atoms with van der Waals surface area (Å²) in [5.74, 6) is 2.01. The molecule has 0 amide bonds. The third-order valence-electron chi connectivity index (χ3n) is 4.03. The van der Waals surface area contributed by atoms with Gasteiger partial charge in [-0.05, 0) is 44.8 Å². The molecule has 0 aromatic carbocycles. The molecule has 0 spiro atoms. The molecule has 0 bridgehead atoms. The Kier molecular flexibility index (Phi) is 4.84. The van der Waals surface area contributed by atoms with Crippen LogP contribution in [-0.2, 0) is 13.1 Å². The SMILES string of the molecule is CCNCc1ccoc1CN1CCC(C)CC1C. The first-order chi connectivity index (χ1) is 8.70. The van der Waals surface area contributed by atoms with Crippen LogP contribution in [-0.4, -0.2) is 24.0 Å². The molecule has 3 heteroatoms. The summed E-state index contributed by atoms with van der Waals surface area (Å²) in [6.07, 6.45) is 4.44. The molecular weight excluding hydrogens is 224 g/mol. The van der Waals surface area contributed by atoms with Gasteiger partial charge in [-0.1, -0.05) is 13.8 Å². The molecule has 2 heterocycles. The maximum atomic E-state index is 5.66. The Labute approximate surface area is 111 Å². The van der Waals surface area contributed by atoms with Crippen molar-refractivity contribution in [3.63, 3.8) is 0 Å². The van der Waals surface area contributed by atoms with Crippen LogP contribution in [0.5, 0.6) is 0 Å². The first kappa shape index (κ1) is 13.6. The van der Waals surface area contributed by atoms with Gasteiger partial charge in [-0.2, -0.15) is 0 Å². The molecule has 3 nitrogen and oxygen atoms in total.